The van der Waals surface area contributed by atoms with Gasteiger partial charge < -0.3 is 16.0 Å². The molecule has 1 fully saturated rings. The predicted molar refractivity (Wildman–Crippen MR) is 134 cm³/mol. The molecule has 0 bridgehead atoms. The van der Waals surface area contributed by atoms with Crippen LogP contribution in [0.1, 0.15) is 23.6 Å². The van der Waals surface area contributed by atoms with Crippen LogP contribution in [0.2, 0.25) is 0 Å². The molecule has 36 heavy (non-hydrogen) atoms. The van der Waals surface area contributed by atoms with Gasteiger partial charge in [0.2, 0.25) is 5.91 Å². The maximum atomic E-state index is 14.8. The van der Waals surface area contributed by atoms with Gasteiger partial charge in [-0.1, -0.05) is 18.2 Å². The monoisotopic (exact) mass is 490 g/mol. The number of nitrogens with two attached hydrogens (primary N) is 1. The third-order valence-corrected chi connectivity index (χ3v) is 6.54. The van der Waals surface area contributed by atoms with E-state index in [1.165, 1.54) is 18.2 Å². The van der Waals surface area contributed by atoms with Gasteiger partial charge in [-0.2, -0.15) is 0 Å². The van der Waals surface area contributed by atoms with Crippen LogP contribution in [0, 0.1) is 17.5 Å². The van der Waals surface area contributed by atoms with Crippen molar-refractivity contribution in [2.24, 2.45) is 5.73 Å². The Balaban J connectivity index is 1.79. The molecule has 0 aliphatic carbocycles. The molecular formula is C28H25F3N4O. The SMILES string of the molecule is NC(=O)C(c1cc2c(N3CCCNCC3)cccc2c(-c2ccc(F)cc2)n1)c1c(F)cccc1F. The summed E-state index contributed by atoms with van der Waals surface area (Å²) < 4.78 is 43.3. The van der Waals surface area contributed by atoms with E-state index in [4.69, 9.17) is 10.7 Å². The normalized spacial score (nSPS) is 15.0. The molecule has 4 aromatic rings. The number of amides is 1. The molecule has 5 rings (SSSR count). The van der Waals surface area contributed by atoms with Gasteiger partial charge in [0.1, 0.15) is 23.4 Å². The zero-order chi connectivity index (χ0) is 25.2. The second-order valence-corrected chi connectivity index (χ2v) is 8.84. The summed E-state index contributed by atoms with van der Waals surface area (Å²) in [5.41, 5.74) is 7.39. The van der Waals surface area contributed by atoms with Crippen molar-refractivity contribution in [3.63, 3.8) is 0 Å². The molecule has 184 valence electrons. The number of primary amides is 1. The van der Waals surface area contributed by atoms with Crippen LogP contribution in [0.4, 0.5) is 18.9 Å². The molecule has 3 N–H and O–H groups in total. The molecular weight excluding hydrogens is 465 g/mol. The number of carbonyl (C=O) groups excluding carboxylic acids is 1. The fourth-order valence-electron chi connectivity index (χ4n) is 4.84. The van der Waals surface area contributed by atoms with E-state index in [9.17, 15) is 18.0 Å². The molecule has 2 heterocycles. The van der Waals surface area contributed by atoms with Gasteiger partial charge in [-0.15, -0.1) is 0 Å². The van der Waals surface area contributed by atoms with Crippen molar-refractivity contribution in [3.05, 3.63) is 95.4 Å². The Kier molecular flexibility index (Phi) is 6.61. The number of hydrogen-bond donors (Lipinski definition) is 2. The molecule has 0 spiro atoms. The summed E-state index contributed by atoms with van der Waals surface area (Å²) in [5.74, 6) is -4.53. The number of anilines is 1. The van der Waals surface area contributed by atoms with E-state index in [0.29, 0.717) is 11.3 Å². The van der Waals surface area contributed by atoms with Crippen molar-refractivity contribution in [2.45, 2.75) is 12.3 Å². The highest BCUT2D eigenvalue weighted by atomic mass is 19.1. The summed E-state index contributed by atoms with van der Waals surface area (Å²) >= 11 is 0. The number of halogens is 3. The van der Waals surface area contributed by atoms with Crippen molar-refractivity contribution in [1.29, 1.82) is 0 Å². The molecule has 8 heteroatoms. The third kappa shape index (κ3) is 4.52. The van der Waals surface area contributed by atoms with Crippen LogP contribution in [0.3, 0.4) is 0 Å². The summed E-state index contributed by atoms with van der Waals surface area (Å²) in [6.45, 7) is 3.30. The molecule has 1 amide bonds. The lowest BCUT2D eigenvalue weighted by Gasteiger charge is -2.25. The van der Waals surface area contributed by atoms with Crippen LogP contribution < -0.4 is 16.0 Å². The van der Waals surface area contributed by atoms with Gasteiger partial charge in [-0.25, -0.2) is 13.2 Å². The molecule has 1 unspecified atom stereocenters. The van der Waals surface area contributed by atoms with Crippen molar-refractivity contribution in [3.8, 4) is 11.3 Å². The van der Waals surface area contributed by atoms with E-state index in [-0.39, 0.29) is 5.69 Å². The molecule has 1 aliphatic heterocycles. The standard InChI is InChI=1S/C28H25F3N4O/c29-18-10-8-17(9-11-18)27-19-4-1-7-24(35-14-3-12-33-13-15-35)20(19)16-23(34-27)26(28(32)36)25-21(30)5-2-6-22(25)31/h1-2,4-11,16,26,33H,3,12-15H2,(H2,32,36). The number of hydrogen-bond acceptors (Lipinski definition) is 4. The van der Waals surface area contributed by atoms with Crippen molar-refractivity contribution < 1.29 is 18.0 Å². The van der Waals surface area contributed by atoms with Crippen LogP contribution >= 0.6 is 0 Å². The highest BCUT2D eigenvalue weighted by Crippen LogP contribution is 2.37. The Morgan fingerprint density at radius 1 is 0.917 bits per heavy atom. The van der Waals surface area contributed by atoms with Crippen LogP contribution in [0.5, 0.6) is 0 Å². The number of carbonyl (C=O) groups is 1. The first kappa shape index (κ1) is 23.8. The van der Waals surface area contributed by atoms with Gasteiger partial charge in [0.05, 0.1) is 11.4 Å². The summed E-state index contributed by atoms with van der Waals surface area (Å²) in [5, 5.41) is 4.93. The number of pyridine rings is 1. The number of rotatable bonds is 5. The predicted octanol–water partition coefficient (Wildman–Crippen LogP) is 4.74. The number of nitrogens with zero attached hydrogens (tertiary/aromatic N) is 2. The maximum absolute atomic E-state index is 14.8. The fraction of sp³-hybridized carbons (Fsp3) is 0.214. The number of benzene rings is 3. The largest absolute Gasteiger partial charge is 0.370 e. The minimum absolute atomic E-state index is 0.124. The van der Waals surface area contributed by atoms with Crippen LogP contribution in [-0.2, 0) is 4.79 Å². The van der Waals surface area contributed by atoms with E-state index in [1.807, 2.05) is 18.2 Å². The lowest BCUT2D eigenvalue weighted by Crippen LogP contribution is -2.28. The minimum atomic E-state index is -1.45. The highest BCUT2D eigenvalue weighted by Gasteiger charge is 2.30. The summed E-state index contributed by atoms with van der Waals surface area (Å²) in [6, 6.07) is 16.7. The fourth-order valence-corrected chi connectivity index (χ4v) is 4.84. The Morgan fingerprint density at radius 3 is 2.36 bits per heavy atom. The lowest BCUT2D eigenvalue weighted by molar-refractivity contribution is -0.118. The number of nitrogens with one attached hydrogen (secondary N) is 1. The van der Waals surface area contributed by atoms with E-state index in [1.54, 1.807) is 18.2 Å². The number of fused-ring (bicyclic) bond motifs is 1. The first-order valence-corrected chi connectivity index (χ1v) is 11.8. The average Bonchev–Trinajstić information content (AvgIpc) is 3.15. The second kappa shape index (κ2) is 9.99. The highest BCUT2D eigenvalue weighted by molar-refractivity contribution is 6.03. The average molecular weight is 491 g/mol. The molecule has 1 saturated heterocycles. The van der Waals surface area contributed by atoms with Crippen molar-refractivity contribution in [2.75, 3.05) is 31.1 Å². The van der Waals surface area contributed by atoms with Crippen LogP contribution in [-0.4, -0.2) is 37.1 Å². The van der Waals surface area contributed by atoms with Gasteiger partial charge in [0, 0.05) is 47.2 Å². The molecule has 3 aromatic carbocycles. The first-order chi connectivity index (χ1) is 17.4. The van der Waals surface area contributed by atoms with E-state index in [0.717, 1.165) is 61.2 Å². The lowest BCUT2D eigenvalue weighted by atomic mass is 9.91. The Hall–Kier alpha value is -3.91. The second-order valence-electron chi connectivity index (χ2n) is 8.84. The Morgan fingerprint density at radius 2 is 1.64 bits per heavy atom. The minimum Gasteiger partial charge on any atom is -0.370 e. The smallest absolute Gasteiger partial charge is 0.231 e. The Bertz CT molecular complexity index is 1400. The van der Waals surface area contributed by atoms with Gasteiger partial charge in [0.25, 0.3) is 0 Å². The van der Waals surface area contributed by atoms with Crippen LogP contribution in [0.25, 0.3) is 22.0 Å². The molecule has 1 aliphatic rings. The van der Waals surface area contributed by atoms with Gasteiger partial charge in [0.15, 0.2) is 0 Å². The number of aromatic nitrogens is 1. The van der Waals surface area contributed by atoms with E-state index >= 15 is 0 Å². The molecule has 1 aromatic heterocycles. The summed E-state index contributed by atoms with van der Waals surface area (Å²) in [7, 11) is 0. The molecule has 1 atom stereocenters. The first-order valence-electron chi connectivity index (χ1n) is 11.8. The molecule has 0 saturated carbocycles. The van der Waals surface area contributed by atoms with E-state index in [2.05, 4.69) is 10.2 Å². The zero-order valence-corrected chi connectivity index (χ0v) is 19.5. The molecule has 5 nitrogen and oxygen atoms in total. The summed E-state index contributed by atoms with van der Waals surface area (Å²) in [4.78, 5) is 19.6. The zero-order valence-electron chi connectivity index (χ0n) is 19.5. The quantitative estimate of drug-likeness (QED) is 0.424. The van der Waals surface area contributed by atoms with Gasteiger partial charge in [-0.3, -0.25) is 9.78 Å². The third-order valence-electron chi connectivity index (χ3n) is 6.54. The van der Waals surface area contributed by atoms with Gasteiger partial charge >= 0.3 is 0 Å². The van der Waals surface area contributed by atoms with Gasteiger partial charge in [-0.05, 0) is 61.5 Å². The summed E-state index contributed by atoms with van der Waals surface area (Å²) in [6.07, 6.45) is 0.948. The topological polar surface area (TPSA) is 71.2 Å². The van der Waals surface area contributed by atoms with E-state index < -0.39 is 34.8 Å². The van der Waals surface area contributed by atoms with Crippen LogP contribution in [0.15, 0.2) is 66.7 Å². The Labute approximate surface area is 206 Å². The maximum Gasteiger partial charge on any atom is 0.231 e. The van der Waals surface area contributed by atoms with Crippen molar-refractivity contribution >= 4 is 22.4 Å². The molecule has 0 radical (unpaired) electrons. The van der Waals surface area contributed by atoms with Crippen molar-refractivity contribution in [1.82, 2.24) is 10.3 Å².